The van der Waals surface area contributed by atoms with Crippen LogP contribution in [0, 0.1) is 13.8 Å². The Balaban J connectivity index is 1.50. The number of hydrogen-bond acceptors (Lipinski definition) is 6. The molecule has 0 heterocycles. The Morgan fingerprint density at radius 1 is 0.974 bits per heavy atom. The van der Waals surface area contributed by atoms with Crippen LogP contribution >= 0.6 is 0 Å². The number of anilines is 1. The Bertz CT molecular complexity index is 1390. The van der Waals surface area contributed by atoms with E-state index in [9.17, 15) is 18.0 Å². The van der Waals surface area contributed by atoms with Crippen LogP contribution in [0.15, 0.2) is 77.9 Å². The van der Waals surface area contributed by atoms with Crippen molar-refractivity contribution in [3.63, 3.8) is 0 Å². The molecule has 38 heavy (non-hydrogen) atoms. The van der Waals surface area contributed by atoms with E-state index in [2.05, 4.69) is 15.8 Å². The third-order valence-corrected chi connectivity index (χ3v) is 6.99. The number of carbonyl (C=O) groups is 2. The second-order valence-electron chi connectivity index (χ2n) is 8.84. The molecule has 1 atom stereocenters. The summed E-state index contributed by atoms with van der Waals surface area (Å²) in [5.74, 6) is -0.312. The van der Waals surface area contributed by atoms with E-state index in [1.165, 1.54) is 6.21 Å². The summed E-state index contributed by atoms with van der Waals surface area (Å²) in [5, 5.41) is 6.81. The Labute approximate surface area is 223 Å². The van der Waals surface area contributed by atoms with Gasteiger partial charge in [-0.2, -0.15) is 5.10 Å². The predicted molar refractivity (Wildman–Crippen MR) is 149 cm³/mol. The van der Waals surface area contributed by atoms with E-state index < -0.39 is 22.5 Å². The predicted octanol–water partition coefficient (Wildman–Crippen LogP) is 3.48. The standard InChI is InChI=1S/C28H32N4O5S/c1-20-9-8-12-26(21(20)2)32(38(4,35)36)18-27(33)31-29-17-23-13-15-25(16-14-23)37-19-28(34)30-22(3)24-10-6-5-7-11-24/h5-17,22H,18-19H2,1-4H3,(H,30,34)(H,31,33)/t22-/m1/s1. The summed E-state index contributed by atoms with van der Waals surface area (Å²) in [4.78, 5) is 24.6. The lowest BCUT2D eigenvalue weighted by Crippen LogP contribution is -2.39. The summed E-state index contributed by atoms with van der Waals surface area (Å²) in [6.45, 7) is 5.06. The molecule has 0 bridgehead atoms. The first-order valence-electron chi connectivity index (χ1n) is 12.0. The fraction of sp³-hybridized carbons (Fsp3) is 0.250. The maximum atomic E-state index is 12.4. The van der Waals surface area contributed by atoms with Crippen molar-refractivity contribution in [3.05, 3.63) is 95.1 Å². The first kappa shape index (κ1) is 28.4. The number of carbonyl (C=O) groups excluding carboxylic acids is 2. The van der Waals surface area contributed by atoms with Crippen LogP contribution < -0.4 is 19.8 Å². The molecule has 0 unspecified atom stereocenters. The van der Waals surface area contributed by atoms with Gasteiger partial charge in [-0.25, -0.2) is 13.8 Å². The van der Waals surface area contributed by atoms with Gasteiger partial charge in [0, 0.05) is 0 Å². The molecule has 0 saturated carbocycles. The van der Waals surface area contributed by atoms with Gasteiger partial charge in [0.15, 0.2) is 6.61 Å². The third-order valence-electron chi connectivity index (χ3n) is 5.86. The van der Waals surface area contributed by atoms with E-state index in [-0.39, 0.29) is 18.6 Å². The van der Waals surface area contributed by atoms with Crippen molar-refractivity contribution >= 4 is 33.7 Å². The van der Waals surface area contributed by atoms with Crippen LogP contribution in [0.2, 0.25) is 0 Å². The molecule has 2 N–H and O–H groups in total. The molecule has 0 aliphatic rings. The Morgan fingerprint density at radius 2 is 1.66 bits per heavy atom. The second kappa shape index (κ2) is 12.9. The van der Waals surface area contributed by atoms with Gasteiger partial charge >= 0.3 is 0 Å². The summed E-state index contributed by atoms with van der Waals surface area (Å²) in [6.07, 6.45) is 2.49. The zero-order chi connectivity index (χ0) is 27.7. The van der Waals surface area contributed by atoms with E-state index >= 15 is 0 Å². The highest BCUT2D eigenvalue weighted by Crippen LogP contribution is 2.24. The summed E-state index contributed by atoms with van der Waals surface area (Å²) < 4.78 is 31.3. The van der Waals surface area contributed by atoms with Crippen molar-refractivity contribution < 1.29 is 22.7 Å². The molecule has 3 rings (SSSR count). The number of hydrazone groups is 1. The lowest BCUT2D eigenvalue weighted by atomic mass is 10.1. The SMILES string of the molecule is Cc1cccc(N(CC(=O)NN=Cc2ccc(OCC(=O)N[C@H](C)c3ccccc3)cc2)S(C)(=O)=O)c1C. The Hall–Kier alpha value is -4.18. The maximum Gasteiger partial charge on any atom is 0.260 e. The van der Waals surface area contributed by atoms with Gasteiger partial charge in [-0.15, -0.1) is 0 Å². The number of nitrogens with one attached hydrogen (secondary N) is 2. The van der Waals surface area contributed by atoms with E-state index in [0.717, 1.165) is 27.3 Å². The van der Waals surface area contributed by atoms with Crippen LogP contribution in [0.4, 0.5) is 5.69 Å². The summed E-state index contributed by atoms with van der Waals surface area (Å²) in [7, 11) is -3.69. The zero-order valence-electron chi connectivity index (χ0n) is 21.8. The van der Waals surface area contributed by atoms with Crippen molar-refractivity contribution in [1.29, 1.82) is 0 Å². The highest BCUT2D eigenvalue weighted by atomic mass is 32.2. The van der Waals surface area contributed by atoms with Crippen LogP contribution in [0.5, 0.6) is 5.75 Å². The van der Waals surface area contributed by atoms with E-state index in [0.29, 0.717) is 17.0 Å². The van der Waals surface area contributed by atoms with Gasteiger partial charge in [-0.3, -0.25) is 13.9 Å². The van der Waals surface area contributed by atoms with Gasteiger partial charge in [-0.05, 0) is 73.4 Å². The van der Waals surface area contributed by atoms with Gasteiger partial charge in [0.2, 0.25) is 10.0 Å². The monoisotopic (exact) mass is 536 g/mol. The van der Waals surface area contributed by atoms with Gasteiger partial charge in [0.1, 0.15) is 12.3 Å². The van der Waals surface area contributed by atoms with Crippen LogP contribution in [0.3, 0.4) is 0 Å². The molecule has 2 amide bonds. The minimum atomic E-state index is -3.69. The van der Waals surface area contributed by atoms with Crippen molar-refractivity contribution in [1.82, 2.24) is 10.7 Å². The lowest BCUT2D eigenvalue weighted by Gasteiger charge is -2.23. The fourth-order valence-electron chi connectivity index (χ4n) is 3.64. The number of hydrogen-bond donors (Lipinski definition) is 2. The molecule has 0 spiro atoms. The van der Waals surface area contributed by atoms with Crippen molar-refractivity contribution in [2.75, 3.05) is 23.7 Å². The second-order valence-corrected chi connectivity index (χ2v) is 10.7. The van der Waals surface area contributed by atoms with Crippen molar-refractivity contribution in [2.24, 2.45) is 5.10 Å². The van der Waals surface area contributed by atoms with E-state index in [1.54, 1.807) is 36.4 Å². The van der Waals surface area contributed by atoms with Crippen LogP contribution in [0.25, 0.3) is 0 Å². The number of rotatable bonds is 11. The molecule has 0 saturated heterocycles. The largest absolute Gasteiger partial charge is 0.484 e. The number of amides is 2. The molecule has 0 fully saturated rings. The molecule has 0 aromatic heterocycles. The highest BCUT2D eigenvalue weighted by molar-refractivity contribution is 7.92. The molecule has 200 valence electrons. The normalized spacial score (nSPS) is 12.1. The van der Waals surface area contributed by atoms with Gasteiger partial charge < -0.3 is 10.1 Å². The van der Waals surface area contributed by atoms with E-state index in [4.69, 9.17) is 4.74 Å². The lowest BCUT2D eigenvalue weighted by molar-refractivity contribution is -0.123. The number of sulfonamides is 1. The summed E-state index contributed by atoms with van der Waals surface area (Å²) >= 11 is 0. The Kier molecular flexibility index (Phi) is 9.61. The first-order chi connectivity index (χ1) is 18.0. The maximum absolute atomic E-state index is 12.4. The quantitative estimate of drug-likeness (QED) is 0.288. The molecular weight excluding hydrogens is 504 g/mol. The van der Waals surface area contributed by atoms with Gasteiger partial charge in [0.25, 0.3) is 11.8 Å². The van der Waals surface area contributed by atoms with Crippen LogP contribution in [0.1, 0.15) is 35.2 Å². The van der Waals surface area contributed by atoms with Crippen molar-refractivity contribution in [3.8, 4) is 5.75 Å². The topological polar surface area (TPSA) is 117 Å². The molecule has 0 aliphatic heterocycles. The number of aryl methyl sites for hydroxylation is 1. The minimum Gasteiger partial charge on any atom is -0.484 e. The Morgan fingerprint density at radius 3 is 2.32 bits per heavy atom. The fourth-order valence-corrected chi connectivity index (χ4v) is 4.55. The highest BCUT2D eigenvalue weighted by Gasteiger charge is 2.22. The smallest absolute Gasteiger partial charge is 0.260 e. The van der Waals surface area contributed by atoms with Crippen LogP contribution in [-0.4, -0.2) is 45.9 Å². The third kappa shape index (κ3) is 8.17. The van der Waals surface area contributed by atoms with Gasteiger partial charge in [0.05, 0.1) is 24.2 Å². The van der Waals surface area contributed by atoms with E-state index in [1.807, 2.05) is 57.2 Å². The molecule has 3 aromatic carbocycles. The number of nitrogens with zero attached hydrogens (tertiary/aromatic N) is 2. The van der Waals surface area contributed by atoms with Gasteiger partial charge in [-0.1, -0.05) is 42.5 Å². The number of ether oxygens (including phenoxy) is 1. The molecular formula is C28H32N4O5S. The zero-order valence-corrected chi connectivity index (χ0v) is 22.7. The molecule has 3 aromatic rings. The summed E-state index contributed by atoms with van der Waals surface area (Å²) in [5.41, 5.74) is 6.19. The molecule has 0 aliphatic carbocycles. The van der Waals surface area contributed by atoms with Crippen LogP contribution in [-0.2, 0) is 19.6 Å². The average molecular weight is 537 g/mol. The minimum absolute atomic E-state index is 0.127. The first-order valence-corrected chi connectivity index (χ1v) is 13.8. The van der Waals surface area contributed by atoms with Crippen molar-refractivity contribution in [2.45, 2.75) is 26.8 Å². The summed E-state index contributed by atoms with van der Waals surface area (Å²) in [6, 6.07) is 21.6. The average Bonchev–Trinajstić information content (AvgIpc) is 2.88. The molecule has 10 heteroatoms. The number of benzene rings is 3. The molecule has 0 radical (unpaired) electrons. The molecule has 9 nitrogen and oxygen atoms in total.